The molecule has 0 aromatic carbocycles. The van der Waals surface area contributed by atoms with Crippen LogP contribution in [0.1, 0.15) is 94.4 Å². The molecule has 2 nitrogen and oxygen atoms in total. The van der Waals surface area contributed by atoms with E-state index >= 15 is 0 Å². The topological polar surface area (TPSA) is 26.3 Å². The molecule has 19 heavy (non-hydrogen) atoms. The summed E-state index contributed by atoms with van der Waals surface area (Å²) in [5.41, 5.74) is 0. The van der Waals surface area contributed by atoms with Crippen molar-refractivity contribution >= 4 is 5.97 Å². The van der Waals surface area contributed by atoms with Gasteiger partial charge in [-0.1, -0.05) is 74.7 Å². The van der Waals surface area contributed by atoms with Crippen LogP contribution in [-0.2, 0) is 9.53 Å². The van der Waals surface area contributed by atoms with Gasteiger partial charge in [0.15, 0.2) is 0 Å². The molecule has 0 heterocycles. The Morgan fingerprint density at radius 2 is 1.21 bits per heavy atom. The zero-order valence-electron chi connectivity index (χ0n) is 15.1. The molecule has 1 saturated carbocycles. The molecule has 1 fully saturated rings. The predicted molar refractivity (Wildman–Crippen MR) is 88.6 cm³/mol. The van der Waals surface area contributed by atoms with Crippen LogP contribution in [0.3, 0.4) is 0 Å². The average Bonchev–Trinajstić information content (AvgIpc) is 2.56. The van der Waals surface area contributed by atoms with Crippen molar-refractivity contribution in [1.29, 1.82) is 0 Å². The molecule has 0 spiro atoms. The van der Waals surface area contributed by atoms with Crippen LogP contribution in [0.2, 0.25) is 0 Å². The SMILES string of the molecule is CC.CC.CC.CC.CCOC(=O)C1CCCCC1. The molecule has 1 aliphatic rings. The largest absolute Gasteiger partial charge is 0.466 e. The summed E-state index contributed by atoms with van der Waals surface area (Å²) >= 11 is 0. The summed E-state index contributed by atoms with van der Waals surface area (Å²) in [5.74, 6) is 0.232. The molecule has 0 aliphatic heterocycles. The van der Waals surface area contributed by atoms with Crippen LogP contribution in [0.25, 0.3) is 0 Å². The Balaban J connectivity index is -0.000000121. The first-order chi connectivity index (χ1) is 9.34. The lowest BCUT2D eigenvalue weighted by Gasteiger charge is -2.19. The van der Waals surface area contributed by atoms with Gasteiger partial charge in [0, 0.05) is 0 Å². The number of hydrogen-bond acceptors (Lipinski definition) is 2. The third kappa shape index (κ3) is 20.0. The summed E-state index contributed by atoms with van der Waals surface area (Å²) in [4.78, 5) is 11.2. The highest BCUT2D eigenvalue weighted by molar-refractivity contribution is 5.72. The highest BCUT2D eigenvalue weighted by atomic mass is 16.5. The van der Waals surface area contributed by atoms with E-state index in [9.17, 15) is 4.79 Å². The van der Waals surface area contributed by atoms with E-state index in [2.05, 4.69) is 0 Å². The fraction of sp³-hybridized carbons (Fsp3) is 0.941. The average molecular weight is 277 g/mol. The quantitative estimate of drug-likeness (QED) is 0.558. The minimum Gasteiger partial charge on any atom is -0.466 e. The number of ether oxygens (including phenoxy) is 1. The van der Waals surface area contributed by atoms with E-state index < -0.39 is 0 Å². The molecule has 0 aromatic rings. The molecule has 0 saturated heterocycles. The van der Waals surface area contributed by atoms with Crippen molar-refractivity contribution in [3.8, 4) is 0 Å². The standard InChI is InChI=1S/C9H16O2.4C2H6/c1-2-11-9(10)8-6-4-3-5-7-8;4*1-2/h8H,2-7H2,1H3;4*1-2H3. The van der Waals surface area contributed by atoms with Crippen molar-refractivity contribution in [2.75, 3.05) is 6.61 Å². The van der Waals surface area contributed by atoms with Crippen molar-refractivity contribution in [1.82, 2.24) is 0 Å². The summed E-state index contributed by atoms with van der Waals surface area (Å²) in [7, 11) is 0. The number of rotatable bonds is 2. The number of hydrogen-bond donors (Lipinski definition) is 0. The van der Waals surface area contributed by atoms with Crippen LogP contribution in [0.4, 0.5) is 0 Å². The predicted octanol–water partition coefficient (Wildman–Crippen LogP) is 6.23. The smallest absolute Gasteiger partial charge is 0.308 e. The first kappa shape index (κ1) is 26.9. The van der Waals surface area contributed by atoms with E-state index in [1.54, 1.807) is 0 Å². The molecule has 120 valence electrons. The maximum Gasteiger partial charge on any atom is 0.308 e. The summed E-state index contributed by atoms with van der Waals surface area (Å²) in [5, 5.41) is 0. The number of carbonyl (C=O) groups is 1. The Morgan fingerprint density at radius 1 is 0.842 bits per heavy atom. The third-order valence-corrected chi connectivity index (χ3v) is 2.23. The molecule has 0 atom stereocenters. The Kier molecular flexibility index (Phi) is 43.2. The minimum absolute atomic E-state index is 0.0206. The molecular formula is C17H40O2. The molecule has 1 rings (SSSR count). The van der Waals surface area contributed by atoms with Crippen LogP contribution < -0.4 is 0 Å². The third-order valence-electron chi connectivity index (χ3n) is 2.23. The van der Waals surface area contributed by atoms with E-state index in [1.165, 1.54) is 19.3 Å². The maximum atomic E-state index is 11.2. The molecule has 1 aliphatic carbocycles. The van der Waals surface area contributed by atoms with Crippen LogP contribution >= 0.6 is 0 Å². The summed E-state index contributed by atoms with van der Waals surface area (Å²) in [6.45, 7) is 18.4. The van der Waals surface area contributed by atoms with Gasteiger partial charge in [-0.15, -0.1) is 0 Å². The van der Waals surface area contributed by atoms with E-state index in [1.807, 2.05) is 62.3 Å². The zero-order valence-corrected chi connectivity index (χ0v) is 15.1. The first-order valence-corrected chi connectivity index (χ1v) is 8.51. The van der Waals surface area contributed by atoms with Gasteiger partial charge in [0.05, 0.1) is 12.5 Å². The molecule has 2 heteroatoms. The molecular weight excluding hydrogens is 236 g/mol. The fourth-order valence-electron chi connectivity index (χ4n) is 1.60. The van der Waals surface area contributed by atoms with Gasteiger partial charge < -0.3 is 4.74 Å². The second-order valence-electron chi connectivity index (χ2n) is 3.09. The van der Waals surface area contributed by atoms with Crippen molar-refractivity contribution in [2.45, 2.75) is 94.4 Å². The second kappa shape index (κ2) is 30.5. The lowest BCUT2D eigenvalue weighted by Crippen LogP contribution is -2.20. The van der Waals surface area contributed by atoms with Gasteiger partial charge in [0.1, 0.15) is 0 Å². The van der Waals surface area contributed by atoms with Crippen LogP contribution in [0.15, 0.2) is 0 Å². The Morgan fingerprint density at radius 3 is 1.53 bits per heavy atom. The number of esters is 1. The summed E-state index contributed by atoms with van der Waals surface area (Å²) in [6.07, 6.45) is 5.76. The lowest BCUT2D eigenvalue weighted by molar-refractivity contribution is -0.149. The van der Waals surface area contributed by atoms with Crippen LogP contribution in [0.5, 0.6) is 0 Å². The summed E-state index contributed by atoms with van der Waals surface area (Å²) in [6, 6.07) is 0. The van der Waals surface area contributed by atoms with Gasteiger partial charge in [-0.05, 0) is 19.8 Å². The maximum absolute atomic E-state index is 11.2. The molecule has 0 aromatic heterocycles. The van der Waals surface area contributed by atoms with E-state index in [0.29, 0.717) is 6.61 Å². The molecule has 0 amide bonds. The molecule has 0 unspecified atom stereocenters. The normalized spacial score (nSPS) is 12.7. The fourth-order valence-corrected chi connectivity index (χ4v) is 1.60. The Bertz CT molecular complexity index is 127. The van der Waals surface area contributed by atoms with Gasteiger partial charge in [0.2, 0.25) is 0 Å². The van der Waals surface area contributed by atoms with Crippen molar-refractivity contribution < 1.29 is 9.53 Å². The molecule has 0 bridgehead atoms. The van der Waals surface area contributed by atoms with Gasteiger partial charge >= 0.3 is 5.97 Å². The van der Waals surface area contributed by atoms with Gasteiger partial charge in [-0.25, -0.2) is 0 Å². The highest BCUT2D eigenvalue weighted by Crippen LogP contribution is 2.24. The Hall–Kier alpha value is -0.530. The van der Waals surface area contributed by atoms with Crippen molar-refractivity contribution in [3.63, 3.8) is 0 Å². The summed E-state index contributed by atoms with van der Waals surface area (Å²) < 4.78 is 4.94. The van der Waals surface area contributed by atoms with E-state index in [-0.39, 0.29) is 11.9 Å². The zero-order chi connectivity index (χ0) is 16.1. The monoisotopic (exact) mass is 276 g/mol. The van der Waals surface area contributed by atoms with Gasteiger partial charge in [-0.2, -0.15) is 0 Å². The second-order valence-corrected chi connectivity index (χ2v) is 3.09. The minimum atomic E-state index is 0.0206. The number of carbonyl (C=O) groups excluding carboxylic acids is 1. The van der Waals surface area contributed by atoms with Crippen LogP contribution in [0, 0.1) is 5.92 Å². The molecule has 0 N–H and O–H groups in total. The first-order valence-electron chi connectivity index (χ1n) is 8.51. The van der Waals surface area contributed by atoms with Gasteiger partial charge in [0.25, 0.3) is 0 Å². The van der Waals surface area contributed by atoms with Gasteiger partial charge in [-0.3, -0.25) is 4.79 Å². The lowest BCUT2D eigenvalue weighted by atomic mass is 9.89. The van der Waals surface area contributed by atoms with Crippen molar-refractivity contribution in [3.05, 3.63) is 0 Å². The Labute approximate surface area is 123 Å². The van der Waals surface area contributed by atoms with Crippen LogP contribution in [-0.4, -0.2) is 12.6 Å². The molecule has 0 radical (unpaired) electrons. The van der Waals surface area contributed by atoms with E-state index in [4.69, 9.17) is 4.74 Å². The van der Waals surface area contributed by atoms with E-state index in [0.717, 1.165) is 12.8 Å². The van der Waals surface area contributed by atoms with Crippen molar-refractivity contribution in [2.24, 2.45) is 5.92 Å². The highest BCUT2D eigenvalue weighted by Gasteiger charge is 2.21.